The van der Waals surface area contributed by atoms with Gasteiger partial charge in [-0.25, -0.2) is 4.79 Å². The highest BCUT2D eigenvalue weighted by molar-refractivity contribution is 14.2. The van der Waals surface area contributed by atoms with Crippen LogP contribution in [0.25, 0.3) is 11.0 Å². The number of benzene rings is 1. The molecule has 7 heteroatoms. The Morgan fingerprint density at radius 2 is 2.09 bits per heavy atom. The minimum atomic E-state index is -0.298. The summed E-state index contributed by atoms with van der Waals surface area (Å²) in [6.45, 7) is 0.463. The maximum atomic E-state index is 12.3. The molecule has 6 nitrogen and oxygen atoms in total. The number of carbonyl (C=O) groups excluding carboxylic acids is 1. The summed E-state index contributed by atoms with van der Waals surface area (Å²) in [5.41, 5.74) is 3.60. The fourth-order valence-corrected chi connectivity index (χ4v) is 3.46. The smallest absolute Gasteiger partial charge is 0.332 e. The first-order valence-corrected chi connectivity index (χ1v) is 9.68. The highest BCUT2D eigenvalue weighted by Crippen LogP contribution is 2.15. The maximum Gasteiger partial charge on any atom is 0.344 e. The average molecular weight is 407 g/mol. The van der Waals surface area contributed by atoms with E-state index in [2.05, 4.69) is 31.2 Å². The number of pyridine rings is 1. The number of hydrogen-bond donors (Lipinski definition) is 1. The molecular weight excluding hydrogens is 393 g/mol. The summed E-state index contributed by atoms with van der Waals surface area (Å²) < 4.78 is 6.25. The lowest BCUT2D eigenvalue weighted by molar-refractivity contribution is 0.239. The molecule has 1 aromatic carbocycles. The number of halogens is 1. The van der Waals surface area contributed by atoms with Gasteiger partial charge in [0.1, 0.15) is 11.0 Å². The molecule has 2 heterocycles. The summed E-state index contributed by atoms with van der Waals surface area (Å²) in [7, 11) is 0. The van der Waals surface area contributed by atoms with Crippen molar-refractivity contribution in [1.82, 2.24) is 25.3 Å². The van der Waals surface area contributed by atoms with E-state index in [1.807, 2.05) is 18.2 Å². The molecule has 0 fully saturated rings. The number of nitrogens with zero attached hydrogens (tertiary/aromatic N) is 4. The lowest BCUT2D eigenvalue weighted by atomic mass is 10.1. The Kier molecular flexibility index (Phi) is 4.52. The SMILES string of the molecule is C=ICc1ccccc1CNC(=O)n1nnc2cnccc21. The number of fused-ring (bicyclic) bond motifs is 1. The molecule has 0 radical (unpaired) electrons. The summed E-state index contributed by atoms with van der Waals surface area (Å²) in [4.78, 5) is 16.2. The third-order valence-corrected chi connectivity index (χ3v) is 4.59. The molecule has 0 unspecified atom stereocenters. The Bertz CT molecular complexity index is 829. The van der Waals surface area contributed by atoms with Crippen LogP contribution in [0.1, 0.15) is 11.1 Å². The Morgan fingerprint density at radius 3 is 2.91 bits per heavy atom. The van der Waals surface area contributed by atoms with E-state index in [1.54, 1.807) is 18.5 Å². The van der Waals surface area contributed by atoms with Gasteiger partial charge in [0.25, 0.3) is 0 Å². The monoisotopic (exact) mass is 407 g/mol. The molecular formula is C15H14IN5O. The summed E-state index contributed by atoms with van der Waals surface area (Å²) in [6.07, 6.45) is 3.20. The van der Waals surface area contributed by atoms with Crippen molar-refractivity contribution in [2.75, 3.05) is 0 Å². The first-order valence-electron chi connectivity index (χ1n) is 6.62. The Balaban J connectivity index is 1.77. The van der Waals surface area contributed by atoms with Crippen LogP contribution in [-0.2, 0) is 11.0 Å². The van der Waals surface area contributed by atoms with Gasteiger partial charge in [0.2, 0.25) is 0 Å². The third-order valence-electron chi connectivity index (χ3n) is 3.23. The van der Waals surface area contributed by atoms with Crippen molar-refractivity contribution in [2.24, 2.45) is 0 Å². The van der Waals surface area contributed by atoms with Gasteiger partial charge in [-0.3, -0.25) is 4.98 Å². The molecule has 22 heavy (non-hydrogen) atoms. The van der Waals surface area contributed by atoms with E-state index in [1.165, 1.54) is 10.2 Å². The summed E-state index contributed by atoms with van der Waals surface area (Å²) in [5, 5.41) is 10.7. The lowest BCUT2D eigenvalue weighted by Gasteiger charge is -2.09. The number of nitrogens with one attached hydrogen (secondary N) is 1. The van der Waals surface area contributed by atoms with Gasteiger partial charge in [-0.05, 0) is 17.2 Å². The van der Waals surface area contributed by atoms with E-state index in [0.29, 0.717) is 17.6 Å². The Labute approximate surface area is 137 Å². The molecule has 0 aliphatic rings. The van der Waals surface area contributed by atoms with Crippen LogP contribution in [0.4, 0.5) is 4.79 Å². The van der Waals surface area contributed by atoms with Crippen LogP contribution < -0.4 is 5.32 Å². The number of alkyl halides is 1. The van der Waals surface area contributed by atoms with E-state index < -0.39 is 0 Å². The quantitative estimate of drug-likeness (QED) is 0.533. The zero-order valence-electron chi connectivity index (χ0n) is 11.7. The van der Waals surface area contributed by atoms with Crippen molar-refractivity contribution in [3.8, 4) is 0 Å². The first kappa shape index (κ1) is 14.8. The van der Waals surface area contributed by atoms with Crippen molar-refractivity contribution < 1.29 is 4.79 Å². The zero-order valence-corrected chi connectivity index (χ0v) is 13.9. The first-order chi connectivity index (χ1) is 10.8. The maximum absolute atomic E-state index is 12.3. The number of rotatable bonds is 4. The predicted molar refractivity (Wildman–Crippen MR) is 94.2 cm³/mol. The topological polar surface area (TPSA) is 72.7 Å². The summed E-state index contributed by atoms with van der Waals surface area (Å²) in [6, 6.07) is 9.52. The van der Waals surface area contributed by atoms with Crippen molar-refractivity contribution in [1.29, 1.82) is 0 Å². The number of aromatic nitrogens is 4. The molecule has 112 valence electrons. The van der Waals surface area contributed by atoms with E-state index in [4.69, 9.17) is 0 Å². The van der Waals surface area contributed by atoms with Crippen LogP contribution in [0.5, 0.6) is 0 Å². The average Bonchev–Trinajstić information content (AvgIpc) is 2.98. The predicted octanol–water partition coefficient (Wildman–Crippen LogP) is 2.49. The van der Waals surface area contributed by atoms with Crippen LogP contribution in [-0.4, -0.2) is 30.5 Å². The second-order valence-electron chi connectivity index (χ2n) is 4.62. The molecule has 0 saturated carbocycles. The second-order valence-corrected chi connectivity index (χ2v) is 6.46. The van der Waals surface area contributed by atoms with Gasteiger partial charge < -0.3 is 5.32 Å². The van der Waals surface area contributed by atoms with E-state index in [0.717, 1.165) is 9.99 Å². The molecule has 0 saturated heterocycles. The van der Waals surface area contributed by atoms with Crippen molar-refractivity contribution in [2.45, 2.75) is 11.0 Å². The molecule has 1 amide bonds. The van der Waals surface area contributed by atoms with Crippen molar-refractivity contribution in [3.63, 3.8) is 0 Å². The molecule has 2 aromatic heterocycles. The second kappa shape index (κ2) is 6.73. The zero-order chi connectivity index (χ0) is 15.4. The minimum Gasteiger partial charge on any atom is -0.332 e. The van der Waals surface area contributed by atoms with Gasteiger partial charge in [-0.1, -0.05) is 34.0 Å². The van der Waals surface area contributed by atoms with Gasteiger partial charge in [0, 0.05) is 17.2 Å². The molecule has 3 aromatic rings. The standard InChI is InChI=1S/C15H14IN5O/c1-16-8-11-4-2-3-5-12(11)9-18-15(22)21-14-6-7-17-10-13(14)19-20-21/h2-7,10H,1,8-9H2,(H,18,22). The van der Waals surface area contributed by atoms with Gasteiger partial charge in [0.05, 0.1) is 6.20 Å². The largest absolute Gasteiger partial charge is 0.344 e. The van der Waals surface area contributed by atoms with E-state index in [-0.39, 0.29) is 26.8 Å². The van der Waals surface area contributed by atoms with E-state index in [9.17, 15) is 4.79 Å². The minimum absolute atomic E-state index is 0.0732. The molecule has 0 spiro atoms. The molecule has 0 aliphatic heterocycles. The van der Waals surface area contributed by atoms with Crippen LogP contribution >= 0.6 is 20.7 Å². The van der Waals surface area contributed by atoms with Gasteiger partial charge >= 0.3 is 6.03 Å². The fourth-order valence-electron chi connectivity index (χ4n) is 2.13. The summed E-state index contributed by atoms with van der Waals surface area (Å²) in [5.74, 6) is 0. The number of amides is 1. The van der Waals surface area contributed by atoms with E-state index >= 15 is 0 Å². The van der Waals surface area contributed by atoms with Crippen LogP contribution in [0.3, 0.4) is 0 Å². The fraction of sp³-hybridized carbons (Fsp3) is 0.133. The van der Waals surface area contributed by atoms with Gasteiger partial charge in [0.15, 0.2) is 0 Å². The highest BCUT2D eigenvalue weighted by Gasteiger charge is 2.11. The van der Waals surface area contributed by atoms with Gasteiger partial charge in [-0.15, -0.1) is 25.8 Å². The molecule has 0 bridgehead atoms. The highest BCUT2D eigenvalue weighted by atomic mass is 127. The van der Waals surface area contributed by atoms with Crippen molar-refractivity contribution >= 4 is 42.3 Å². The normalized spacial score (nSPS) is 10.7. The van der Waals surface area contributed by atoms with Gasteiger partial charge in [-0.2, -0.15) is 4.68 Å². The van der Waals surface area contributed by atoms with Crippen LogP contribution in [0, 0.1) is 0 Å². The van der Waals surface area contributed by atoms with Crippen LogP contribution in [0.2, 0.25) is 0 Å². The number of hydrogen-bond acceptors (Lipinski definition) is 4. The number of carbonyl (C=O) groups is 1. The Hall–Kier alpha value is -2.16. The molecule has 1 N–H and O–H groups in total. The Morgan fingerprint density at radius 1 is 1.27 bits per heavy atom. The summed E-state index contributed by atoms with van der Waals surface area (Å²) >= 11 is -0.0732. The van der Waals surface area contributed by atoms with Crippen LogP contribution in [0.15, 0.2) is 42.7 Å². The molecule has 3 rings (SSSR count). The molecule has 0 atom stereocenters. The third kappa shape index (κ3) is 3.03. The lowest BCUT2D eigenvalue weighted by Crippen LogP contribution is -2.29. The van der Waals surface area contributed by atoms with Crippen molar-refractivity contribution in [3.05, 3.63) is 53.9 Å². The molecule has 0 aliphatic carbocycles.